The fourth-order valence-electron chi connectivity index (χ4n) is 3.15. The van der Waals surface area contributed by atoms with Gasteiger partial charge in [0.2, 0.25) is 0 Å². The van der Waals surface area contributed by atoms with Gasteiger partial charge < -0.3 is 5.32 Å². The van der Waals surface area contributed by atoms with Gasteiger partial charge >= 0.3 is 6.03 Å². The lowest BCUT2D eigenvalue weighted by Gasteiger charge is -2.27. The number of hydrogen-bond acceptors (Lipinski definition) is 5. The van der Waals surface area contributed by atoms with Gasteiger partial charge in [-0.2, -0.15) is 0 Å². The first-order valence-corrected chi connectivity index (χ1v) is 9.47. The first-order chi connectivity index (χ1) is 14.1. The average molecular weight is 392 g/mol. The number of aryl methyl sites for hydroxylation is 1. The Labute approximate surface area is 168 Å². The predicted octanol–water partition coefficient (Wildman–Crippen LogP) is 4.23. The largest absolute Gasteiger partial charge is 0.382 e. The van der Waals surface area contributed by atoms with Crippen molar-refractivity contribution in [1.82, 2.24) is 15.0 Å². The molecule has 0 radical (unpaired) electrons. The highest BCUT2D eigenvalue weighted by atomic mass is 19.1. The van der Waals surface area contributed by atoms with Crippen LogP contribution in [0.25, 0.3) is 11.3 Å². The van der Waals surface area contributed by atoms with Crippen LogP contribution in [-0.4, -0.2) is 34.1 Å². The zero-order valence-electron chi connectivity index (χ0n) is 16.0. The monoisotopic (exact) mass is 392 g/mol. The summed E-state index contributed by atoms with van der Waals surface area (Å²) in [4.78, 5) is 27.4. The highest BCUT2D eigenvalue weighted by Crippen LogP contribution is 2.30. The Morgan fingerprint density at radius 1 is 1.17 bits per heavy atom. The number of nitrogens with zero attached hydrogens (tertiary/aromatic N) is 4. The Morgan fingerprint density at radius 3 is 2.86 bits per heavy atom. The number of aromatic nitrogens is 3. The topological polar surface area (TPSA) is 83.0 Å². The molecule has 8 heteroatoms. The molecular weight excluding hydrogens is 371 g/mol. The first-order valence-electron chi connectivity index (χ1n) is 9.47. The van der Waals surface area contributed by atoms with Crippen LogP contribution >= 0.6 is 0 Å². The van der Waals surface area contributed by atoms with Gasteiger partial charge in [0.05, 0.1) is 17.6 Å². The van der Waals surface area contributed by atoms with Crippen molar-refractivity contribution < 1.29 is 9.18 Å². The van der Waals surface area contributed by atoms with Crippen LogP contribution in [0.1, 0.15) is 18.4 Å². The van der Waals surface area contributed by atoms with Gasteiger partial charge in [0.15, 0.2) is 5.82 Å². The van der Waals surface area contributed by atoms with E-state index in [1.165, 1.54) is 6.07 Å². The molecule has 0 saturated carbocycles. The molecule has 0 unspecified atom stereocenters. The second-order valence-corrected chi connectivity index (χ2v) is 6.90. The van der Waals surface area contributed by atoms with Gasteiger partial charge in [0, 0.05) is 31.0 Å². The van der Waals surface area contributed by atoms with Crippen molar-refractivity contribution in [2.75, 3.05) is 28.6 Å². The summed E-state index contributed by atoms with van der Waals surface area (Å²) in [5.74, 6) is 0.535. The normalized spacial score (nSPS) is 13.7. The van der Waals surface area contributed by atoms with E-state index in [0.29, 0.717) is 29.4 Å². The third-order valence-corrected chi connectivity index (χ3v) is 4.65. The molecule has 0 bridgehead atoms. The molecule has 1 aliphatic rings. The van der Waals surface area contributed by atoms with Gasteiger partial charge in [-0.15, -0.1) is 0 Å². The second-order valence-electron chi connectivity index (χ2n) is 6.90. The van der Waals surface area contributed by atoms with Crippen molar-refractivity contribution in [3.05, 3.63) is 60.3 Å². The Balaban J connectivity index is 1.68. The summed E-state index contributed by atoms with van der Waals surface area (Å²) >= 11 is 0. The lowest BCUT2D eigenvalue weighted by atomic mass is 10.1. The van der Waals surface area contributed by atoms with Crippen LogP contribution in [0.3, 0.4) is 0 Å². The number of pyridine rings is 3. The number of halogens is 1. The standard InChI is InChI=1S/C21H21FN6O/c1-14-4-7-19(25-11-14)27-21(29)28-9-3-2-8-24-18-6-5-17(26-20(18)28)15-10-16(22)13-23-12-15/h4-7,10-13,24H,2-3,8-9H2,1H3,(H,25,27,29). The van der Waals surface area contributed by atoms with Crippen LogP contribution in [-0.2, 0) is 0 Å². The molecule has 0 aliphatic carbocycles. The van der Waals surface area contributed by atoms with Gasteiger partial charge in [-0.1, -0.05) is 6.07 Å². The van der Waals surface area contributed by atoms with Crippen LogP contribution < -0.4 is 15.5 Å². The first kappa shape index (κ1) is 18.8. The predicted molar refractivity (Wildman–Crippen MR) is 110 cm³/mol. The van der Waals surface area contributed by atoms with Crippen molar-refractivity contribution in [1.29, 1.82) is 0 Å². The minimum absolute atomic E-state index is 0.312. The van der Waals surface area contributed by atoms with Crippen LogP contribution in [0.4, 0.5) is 26.5 Å². The Hall–Kier alpha value is -3.55. The second kappa shape index (κ2) is 8.22. The van der Waals surface area contributed by atoms with E-state index in [-0.39, 0.29) is 6.03 Å². The molecule has 29 heavy (non-hydrogen) atoms. The maximum absolute atomic E-state index is 13.6. The summed E-state index contributed by atoms with van der Waals surface area (Å²) in [6, 6.07) is 8.36. The van der Waals surface area contributed by atoms with Crippen LogP contribution in [0.5, 0.6) is 0 Å². The molecule has 0 fully saturated rings. The van der Waals surface area contributed by atoms with Crippen molar-refractivity contribution in [3.8, 4) is 11.3 Å². The van der Waals surface area contributed by atoms with Crippen molar-refractivity contribution in [2.45, 2.75) is 19.8 Å². The molecule has 3 aromatic heterocycles. The van der Waals surface area contributed by atoms with Crippen LogP contribution in [0.15, 0.2) is 48.9 Å². The van der Waals surface area contributed by atoms with Crippen LogP contribution in [0.2, 0.25) is 0 Å². The number of urea groups is 1. The number of fused-ring (bicyclic) bond motifs is 1. The Bertz CT molecular complexity index is 1020. The summed E-state index contributed by atoms with van der Waals surface area (Å²) in [6.07, 6.45) is 6.16. The van der Waals surface area contributed by atoms with Gasteiger partial charge in [0.25, 0.3) is 0 Å². The Kier molecular flexibility index (Phi) is 5.33. The molecular formula is C21H21FN6O. The van der Waals surface area contributed by atoms with Crippen LogP contribution in [0, 0.1) is 12.7 Å². The molecule has 3 aromatic rings. The van der Waals surface area contributed by atoms with Crippen molar-refractivity contribution >= 4 is 23.4 Å². The fraction of sp³-hybridized carbons (Fsp3) is 0.238. The molecule has 2 N–H and O–H groups in total. The minimum atomic E-state index is -0.436. The van der Waals surface area contributed by atoms with E-state index in [1.807, 2.05) is 19.1 Å². The third kappa shape index (κ3) is 4.31. The molecule has 0 spiro atoms. The molecule has 148 valence electrons. The summed E-state index contributed by atoms with van der Waals surface area (Å²) in [6.45, 7) is 3.25. The van der Waals surface area contributed by atoms with Gasteiger partial charge in [0.1, 0.15) is 11.6 Å². The summed E-state index contributed by atoms with van der Waals surface area (Å²) in [5, 5.41) is 6.15. The van der Waals surface area contributed by atoms with E-state index in [9.17, 15) is 9.18 Å². The SMILES string of the molecule is Cc1ccc(NC(=O)N2CCCCNc3ccc(-c4cncc(F)c4)nc32)nc1. The average Bonchev–Trinajstić information content (AvgIpc) is 2.70. The third-order valence-electron chi connectivity index (χ3n) is 4.65. The van der Waals surface area contributed by atoms with Gasteiger partial charge in [-0.05, 0) is 49.6 Å². The number of nitrogens with one attached hydrogen (secondary N) is 2. The molecule has 1 aliphatic heterocycles. The lowest BCUT2D eigenvalue weighted by Crippen LogP contribution is -2.38. The number of amides is 2. The molecule has 0 atom stereocenters. The molecule has 0 saturated heterocycles. The molecule has 7 nitrogen and oxygen atoms in total. The fourth-order valence-corrected chi connectivity index (χ4v) is 3.15. The van der Waals surface area contributed by atoms with E-state index in [2.05, 4.69) is 25.6 Å². The number of carbonyl (C=O) groups is 1. The molecule has 4 rings (SSSR count). The molecule has 0 aromatic carbocycles. The quantitative estimate of drug-likeness (QED) is 0.682. The zero-order chi connectivity index (χ0) is 20.2. The molecule has 2 amide bonds. The lowest BCUT2D eigenvalue weighted by molar-refractivity contribution is 0.256. The summed E-state index contributed by atoms with van der Waals surface area (Å²) in [7, 11) is 0. The smallest absolute Gasteiger partial charge is 0.328 e. The number of carbonyl (C=O) groups excluding carboxylic acids is 1. The van der Waals surface area contributed by atoms with E-state index in [0.717, 1.165) is 36.8 Å². The summed E-state index contributed by atoms with van der Waals surface area (Å²) < 4.78 is 13.6. The highest BCUT2D eigenvalue weighted by Gasteiger charge is 2.23. The van der Waals surface area contributed by atoms with Gasteiger partial charge in [-0.25, -0.2) is 19.2 Å². The zero-order valence-corrected chi connectivity index (χ0v) is 16.0. The minimum Gasteiger partial charge on any atom is -0.382 e. The number of anilines is 3. The van der Waals surface area contributed by atoms with E-state index < -0.39 is 5.82 Å². The van der Waals surface area contributed by atoms with E-state index >= 15 is 0 Å². The van der Waals surface area contributed by atoms with Gasteiger partial charge in [-0.3, -0.25) is 15.2 Å². The van der Waals surface area contributed by atoms with Crippen molar-refractivity contribution in [3.63, 3.8) is 0 Å². The maximum Gasteiger partial charge on any atom is 0.328 e. The molecule has 4 heterocycles. The van der Waals surface area contributed by atoms with Crippen molar-refractivity contribution in [2.24, 2.45) is 0 Å². The Morgan fingerprint density at radius 2 is 2.07 bits per heavy atom. The van der Waals surface area contributed by atoms with E-state index in [4.69, 9.17) is 0 Å². The van der Waals surface area contributed by atoms with E-state index in [1.54, 1.807) is 29.4 Å². The number of rotatable bonds is 2. The highest BCUT2D eigenvalue weighted by molar-refractivity contribution is 6.02. The summed E-state index contributed by atoms with van der Waals surface area (Å²) in [5.41, 5.74) is 2.86. The maximum atomic E-state index is 13.6. The number of hydrogen-bond donors (Lipinski definition) is 2.